The van der Waals surface area contributed by atoms with E-state index in [1.807, 2.05) is 0 Å². The van der Waals surface area contributed by atoms with Gasteiger partial charge in [0.25, 0.3) is 0 Å². The number of pyridine rings is 1. The first kappa shape index (κ1) is 12.5. The van der Waals surface area contributed by atoms with Gasteiger partial charge in [-0.2, -0.15) is 0 Å². The molecule has 6 heteroatoms. The minimum Gasteiger partial charge on any atom is -0.398 e. The third-order valence-electron chi connectivity index (χ3n) is 1.98. The van der Waals surface area contributed by atoms with Crippen LogP contribution in [0.5, 0.6) is 0 Å². The summed E-state index contributed by atoms with van der Waals surface area (Å²) in [7, 11) is 0. The van der Waals surface area contributed by atoms with E-state index >= 15 is 0 Å². The summed E-state index contributed by atoms with van der Waals surface area (Å²) in [5.41, 5.74) is 6.14. The molecule has 1 aromatic heterocycles. The number of aromatic nitrogens is 1. The van der Waals surface area contributed by atoms with Crippen LogP contribution >= 0.6 is 35.0 Å². The average molecular weight is 289 g/mol. The molecule has 0 fully saturated rings. The Morgan fingerprint density at radius 2 is 2.00 bits per heavy atom. The van der Waals surface area contributed by atoms with Gasteiger partial charge in [-0.3, -0.25) is 0 Å². The van der Waals surface area contributed by atoms with Gasteiger partial charge in [-0.15, -0.1) is 0 Å². The molecular weight excluding hydrogens is 282 g/mol. The maximum absolute atomic E-state index is 13.3. The number of nitrogens with zero attached hydrogens (tertiary/aromatic N) is 1. The zero-order valence-electron chi connectivity index (χ0n) is 8.45. The molecule has 0 aliphatic carbocycles. The molecule has 0 atom stereocenters. The molecule has 0 bridgehead atoms. The van der Waals surface area contributed by atoms with Crippen LogP contribution in [-0.2, 0) is 0 Å². The van der Waals surface area contributed by atoms with E-state index in [4.69, 9.17) is 28.9 Å². The van der Waals surface area contributed by atoms with E-state index in [-0.39, 0.29) is 5.02 Å². The van der Waals surface area contributed by atoms with E-state index in [2.05, 4.69) is 4.98 Å². The van der Waals surface area contributed by atoms with E-state index in [0.29, 0.717) is 20.6 Å². The van der Waals surface area contributed by atoms with E-state index in [1.54, 1.807) is 18.3 Å². The summed E-state index contributed by atoms with van der Waals surface area (Å²) in [6.07, 6.45) is 1.61. The molecule has 0 saturated carbocycles. The molecule has 0 radical (unpaired) electrons. The standard InChI is InChI=1S/C11H7Cl2FN2S/c12-6-2-1-3-16-11(6)17-10-5-8(14)7(13)4-9(10)15/h1-5H,15H2. The molecule has 2 aromatic rings. The predicted octanol–water partition coefficient (Wildman–Crippen LogP) is 4.26. The van der Waals surface area contributed by atoms with Crippen LogP contribution in [0.25, 0.3) is 0 Å². The maximum Gasteiger partial charge on any atom is 0.143 e. The highest BCUT2D eigenvalue weighted by atomic mass is 35.5. The highest BCUT2D eigenvalue weighted by Gasteiger charge is 2.10. The lowest BCUT2D eigenvalue weighted by Gasteiger charge is -2.07. The molecule has 2 N–H and O–H groups in total. The molecular formula is C11H7Cl2FN2S. The van der Waals surface area contributed by atoms with Crippen molar-refractivity contribution in [3.63, 3.8) is 0 Å². The van der Waals surface area contributed by atoms with Crippen molar-refractivity contribution in [2.75, 3.05) is 5.73 Å². The Morgan fingerprint density at radius 3 is 2.71 bits per heavy atom. The first-order valence-electron chi connectivity index (χ1n) is 4.61. The first-order chi connectivity index (χ1) is 8.08. The van der Waals surface area contributed by atoms with Crippen molar-refractivity contribution in [1.29, 1.82) is 0 Å². The number of rotatable bonds is 2. The van der Waals surface area contributed by atoms with Crippen molar-refractivity contribution in [2.45, 2.75) is 9.92 Å². The van der Waals surface area contributed by atoms with Crippen LogP contribution in [0.4, 0.5) is 10.1 Å². The molecule has 17 heavy (non-hydrogen) atoms. The molecule has 1 aromatic carbocycles. The number of halogens is 3. The fourth-order valence-electron chi connectivity index (χ4n) is 1.18. The Balaban J connectivity index is 2.37. The summed E-state index contributed by atoms with van der Waals surface area (Å²) in [6, 6.07) is 6.07. The number of benzene rings is 1. The molecule has 0 saturated heterocycles. The van der Waals surface area contributed by atoms with Crippen molar-refractivity contribution < 1.29 is 4.39 Å². The zero-order chi connectivity index (χ0) is 12.4. The van der Waals surface area contributed by atoms with Crippen LogP contribution in [0.15, 0.2) is 40.4 Å². The maximum atomic E-state index is 13.3. The topological polar surface area (TPSA) is 38.9 Å². The number of nitrogen functional groups attached to an aromatic ring is 1. The number of anilines is 1. The second-order valence-corrected chi connectivity index (χ2v) is 5.04. The van der Waals surface area contributed by atoms with E-state index in [0.717, 1.165) is 0 Å². The van der Waals surface area contributed by atoms with Gasteiger partial charge in [0.1, 0.15) is 10.8 Å². The molecule has 0 aliphatic heterocycles. The number of hydrogen-bond acceptors (Lipinski definition) is 3. The van der Waals surface area contributed by atoms with Crippen molar-refractivity contribution in [3.8, 4) is 0 Å². The monoisotopic (exact) mass is 288 g/mol. The molecule has 2 rings (SSSR count). The van der Waals surface area contributed by atoms with Crippen LogP contribution < -0.4 is 5.73 Å². The average Bonchev–Trinajstić information content (AvgIpc) is 2.29. The summed E-state index contributed by atoms with van der Waals surface area (Å²) in [6.45, 7) is 0. The van der Waals surface area contributed by atoms with Gasteiger partial charge in [0.15, 0.2) is 0 Å². The minimum absolute atomic E-state index is 0.000956. The van der Waals surface area contributed by atoms with Crippen LogP contribution in [0.1, 0.15) is 0 Å². The van der Waals surface area contributed by atoms with Crippen molar-refractivity contribution in [2.24, 2.45) is 0 Å². The van der Waals surface area contributed by atoms with Gasteiger partial charge in [0, 0.05) is 16.8 Å². The van der Waals surface area contributed by atoms with Gasteiger partial charge in [0.05, 0.1) is 10.0 Å². The second kappa shape index (κ2) is 5.12. The fraction of sp³-hybridized carbons (Fsp3) is 0. The molecule has 2 nitrogen and oxygen atoms in total. The molecule has 0 aliphatic rings. The Morgan fingerprint density at radius 1 is 1.24 bits per heavy atom. The van der Waals surface area contributed by atoms with Gasteiger partial charge in [-0.1, -0.05) is 35.0 Å². The van der Waals surface area contributed by atoms with E-state index in [1.165, 1.54) is 23.9 Å². The Kier molecular flexibility index (Phi) is 3.76. The van der Waals surface area contributed by atoms with E-state index < -0.39 is 5.82 Å². The Labute approximate surface area is 112 Å². The van der Waals surface area contributed by atoms with Crippen molar-refractivity contribution in [3.05, 3.63) is 46.3 Å². The smallest absolute Gasteiger partial charge is 0.143 e. The molecule has 0 unspecified atom stereocenters. The highest BCUT2D eigenvalue weighted by Crippen LogP contribution is 2.36. The van der Waals surface area contributed by atoms with Gasteiger partial charge >= 0.3 is 0 Å². The Bertz CT molecular complexity index is 563. The van der Waals surface area contributed by atoms with Crippen LogP contribution in [0.3, 0.4) is 0 Å². The number of nitrogens with two attached hydrogens (primary N) is 1. The van der Waals surface area contributed by atoms with Crippen molar-refractivity contribution in [1.82, 2.24) is 4.98 Å². The highest BCUT2D eigenvalue weighted by molar-refractivity contribution is 7.99. The van der Waals surface area contributed by atoms with Crippen molar-refractivity contribution >= 4 is 40.7 Å². The largest absolute Gasteiger partial charge is 0.398 e. The molecule has 88 valence electrons. The van der Waals surface area contributed by atoms with Gasteiger partial charge in [-0.05, 0) is 24.3 Å². The van der Waals surface area contributed by atoms with Crippen LogP contribution in [0.2, 0.25) is 10.0 Å². The quantitative estimate of drug-likeness (QED) is 0.839. The summed E-state index contributed by atoms with van der Waals surface area (Å²) in [5, 5.41) is 1.06. The summed E-state index contributed by atoms with van der Waals surface area (Å²) >= 11 is 12.8. The normalized spacial score (nSPS) is 10.5. The first-order valence-corrected chi connectivity index (χ1v) is 6.18. The molecule has 1 heterocycles. The molecule has 0 spiro atoms. The predicted molar refractivity (Wildman–Crippen MR) is 69.2 cm³/mol. The van der Waals surface area contributed by atoms with Crippen LogP contribution in [0, 0.1) is 5.82 Å². The second-order valence-electron chi connectivity index (χ2n) is 3.20. The third kappa shape index (κ3) is 2.83. The summed E-state index contributed by atoms with van der Waals surface area (Å²) in [4.78, 5) is 4.62. The SMILES string of the molecule is Nc1cc(Cl)c(F)cc1Sc1ncccc1Cl. The minimum atomic E-state index is -0.518. The van der Waals surface area contributed by atoms with Crippen LogP contribution in [-0.4, -0.2) is 4.98 Å². The third-order valence-corrected chi connectivity index (χ3v) is 3.78. The lowest BCUT2D eigenvalue weighted by molar-refractivity contribution is 0.625. The number of hydrogen-bond donors (Lipinski definition) is 1. The van der Waals surface area contributed by atoms with E-state index in [9.17, 15) is 4.39 Å². The summed E-state index contributed by atoms with van der Waals surface area (Å²) < 4.78 is 13.3. The zero-order valence-corrected chi connectivity index (χ0v) is 10.8. The lowest BCUT2D eigenvalue weighted by Crippen LogP contribution is -1.91. The lowest BCUT2D eigenvalue weighted by atomic mass is 10.3. The molecule has 0 amide bonds. The fourth-order valence-corrected chi connectivity index (χ4v) is 2.42. The van der Waals surface area contributed by atoms with Gasteiger partial charge < -0.3 is 5.73 Å². The summed E-state index contributed by atoms with van der Waals surface area (Å²) in [5.74, 6) is -0.518. The van der Waals surface area contributed by atoms with Gasteiger partial charge in [-0.25, -0.2) is 9.37 Å². The van der Waals surface area contributed by atoms with Gasteiger partial charge in [0.2, 0.25) is 0 Å². The Hall–Kier alpha value is -0.970.